The quantitative estimate of drug-likeness (QED) is 0.858. The number of hydrogen-bond acceptors (Lipinski definition) is 1. The van der Waals surface area contributed by atoms with Gasteiger partial charge in [-0.3, -0.25) is 0 Å². The molecule has 0 saturated heterocycles. The van der Waals surface area contributed by atoms with Crippen LogP contribution in [0, 0.1) is 0 Å². The van der Waals surface area contributed by atoms with Gasteiger partial charge in [-0.2, -0.15) is 0 Å². The maximum Gasteiger partial charge on any atom is 0.125 e. The third-order valence-corrected chi connectivity index (χ3v) is 3.67. The van der Waals surface area contributed by atoms with Gasteiger partial charge in [0.05, 0.1) is 4.90 Å². The highest BCUT2D eigenvalue weighted by molar-refractivity contribution is 7.83. The molecule has 0 fully saturated rings. The largest absolute Gasteiger partial charge is 0.237 e. The topological polar surface area (TPSA) is 29.1 Å². The smallest absolute Gasteiger partial charge is 0.125 e. The van der Waals surface area contributed by atoms with Gasteiger partial charge in [0.25, 0.3) is 0 Å². The lowest BCUT2D eigenvalue weighted by atomic mass is 10.1. The molecule has 2 rings (SSSR count). The number of benzene rings is 2. The van der Waals surface area contributed by atoms with E-state index in [0.29, 0.717) is 5.02 Å². The van der Waals surface area contributed by atoms with Crippen LogP contribution in [0.5, 0.6) is 0 Å². The molecule has 0 heterocycles. The Bertz CT molecular complexity index is 527. The molecule has 0 amide bonds. The van der Waals surface area contributed by atoms with E-state index in [4.69, 9.17) is 11.6 Å². The summed E-state index contributed by atoms with van der Waals surface area (Å²) in [6, 6.07) is 11.2. The van der Waals surface area contributed by atoms with E-state index in [1.165, 1.54) is 0 Å². The molecule has 1 atom stereocenters. The van der Waals surface area contributed by atoms with Gasteiger partial charge in [-0.15, -0.1) is 0 Å². The molecule has 0 aliphatic carbocycles. The monoisotopic (exact) mass is 239 g/mol. The van der Waals surface area contributed by atoms with Crippen LogP contribution < -0.4 is 4.72 Å². The van der Waals surface area contributed by atoms with Crippen LogP contribution in [0.4, 0.5) is 0 Å². The molecule has 0 saturated carbocycles. The van der Waals surface area contributed by atoms with Crippen molar-refractivity contribution < 1.29 is 4.21 Å². The predicted octanol–water partition coefficient (Wildman–Crippen LogP) is 2.74. The fraction of sp³-hybridized carbons (Fsp3) is 0.0909. The molecule has 1 N–H and O–H groups in total. The van der Waals surface area contributed by atoms with Gasteiger partial charge in [-0.05, 0) is 19.2 Å². The van der Waals surface area contributed by atoms with Crippen LogP contribution >= 0.6 is 11.6 Å². The van der Waals surface area contributed by atoms with Crippen LogP contribution in [-0.2, 0) is 11.0 Å². The van der Waals surface area contributed by atoms with Crippen molar-refractivity contribution in [3.05, 3.63) is 41.4 Å². The molecule has 0 aliphatic rings. The first-order valence-electron chi connectivity index (χ1n) is 4.50. The average Bonchev–Trinajstić information content (AvgIpc) is 2.28. The Morgan fingerprint density at radius 3 is 2.53 bits per heavy atom. The number of rotatable bonds is 2. The molecule has 0 aliphatic heterocycles. The second-order valence-electron chi connectivity index (χ2n) is 3.06. The zero-order chi connectivity index (χ0) is 10.8. The highest BCUT2D eigenvalue weighted by Crippen LogP contribution is 2.27. The molecule has 0 aromatic heterocycles. The molecular formula is C11H10ClNOS. The molecule has 2 nitrogen and oxygen atoms in total. The van der Waals surface area contributed by atoms with E-state index in [0.717, 1.165) is 15.7 Å². The first-order chi connectivity index (χ1) is 7.24. The zero-order valence-electron chi connectivity index (χ0n) is 8.16. The molecule has 15 heavy (non-hydrogen) atoms. The zero-order valence-corrected chi connectivity index (χ0v) is 9.73. The van der Waals surface area contributed by atoms with Gasteiger partial charge in [-0.1, -0.05) is 35.9 Å². The Morgan fingerprint density at radius 2 is 1.80 bits per heavy atom. The van der Waals surface area contributed by atoms with Crippen molar-refractivity contribution in [3.8, 4) is 0 Å². The first-order valence-corrected chi connectivity index (χ1v) is 6.03. The number of nitrogens with one attached hydrogen (secondary N) is 1. The van der Waals surface area contributed by atoms with Gasteiger partial charge in [0, 0.05) is 15.8 Å². The summed E-state index contributed by atoms with van der Waals surface area (Å²) in [5, 5.41) is 2.54. The van der Waals surface area contributed by atoms with Gasteiger partial charge >= 0.3 is 0 Å². The van der Waals surface area contributed by atoms with E-state index in [1.54, 1.807) is 7.05 Å². The minimum Gasteiger partial charge on any atom is -0.237 e. The first kappa shape index (κ1) is 10.6. The summed E-state index contributed by atoms with van der Waals surface area (Å²) < 4.78 is 14.4. The Hall–Kier alpha value is -0.900. The molecule has 78 valence electrons. The second-order valence-corrected chi connectivity index (χ2v) is 4.86. The molecule has 1 unspecified atom stereocenters. The summed E-state index contributed by atoms with van der Waals surface area (Å²) in [7, 11) is 0.484. The third-order valence-electron chi connectivity index (χ3n) is 2.21. The summed E-state index contributed by atoms with van der Waals surface area (Å²) in [5.74, 6) is 0. The predicted molar refractivity (Wildman–Crippen MR) is 64.4 cm³/mol. The van der Waals surface area contributed by atoms with Crippen LogP contribution in [0.2, 0.25) is 5.02 Å². The highest BCUT2D eigenvalue weighted by Gasteiger charge is 2.07. The SMILES string of the molecule is CNS(=O)c1cccc2c(Cl)cccc12. The fourth-order valence-corrected chi connectivity index (χ4v) is 2.55. The normalized spacial score (nSPS) is 12.9. The lowest BCUT2D eigenvalue weighted by molar-refractivity contribution is 0.678. The summed E-state index contributed by atoms with van der Waals surface area (Å²) in [4.78, 5) is 0.762. The Kier molecular flexibility index (Phi) is 3.05. The summed E-state index contributed by atoms with van der Waals surface area (Å²) in [6.45, 7) is 0. The molecule has 4 heteroatoms. The van der Waals surface area contributed by atoms with E-state index >= 15 is 0 Å². The van der Waals surface area contributed by atoms with Crippen molar-refractivity contribution >= 4 is 33.4 Å². The average molecular weight is 240 g/mol. The maximum atomic E-state index is 11.7. The summed E-state index contributed by atoms with van der Waals surface area (Å²) in [5.41, 5.74) is 0. The van der Waals surface area contributed by atoms with Gasteiger partial charge in [0.1, 0.15) is 11.0 Å². The number of fused-ring (bicyclic) bond motifs is 1. The van der Waals surface area contributed by atoms with Crippen LogP contribution in [0.25, 0.3) is 10.8 Å². The lowest BCUT2D eigenvalue weighted by Crippen LogP contribution is -2.10. The van der Waals surface area contributed by atoms with Crippen molar-refractivity contribution in [3.63, 3.8) is 0 Å². The molecule has 0 radical (unpaired) electrons. The minimum atomic E-state index is -1.18. The Morgan fingerprint density at radius 1 is 1.13 bits per heavy atom. The summed E-state index contributed by atoms with van der Waals surface area (Å²) in [6.07, 6.45) is 0. The van der Waals surface area contributed by atoms with Gasteiger partial charge in [-0.25, -0.2) is 8.93 Å². The fourth-order valence-electron chi connectivity index (χ4n) is 1.51. The van der Waals surface area contributed by atoms with Crippen molar-refractivity contribution in [2.45, 2.75) is 4.90 Å². The lowest BCUT2D eigenvalue weighted by Gasteiger charge is -2.06. The second kappa shape index (κ2) is 4.31. The van der Waals surface area contributed by atoms with Gasteiger partial charge < -0.3 is 0 Å². The molecule has 0 bridgehead atoms. The van der Waals surface area contributed by atoms with Crippen molar-refractivity contribution in [2.24, 2.45) is 0 Å². The summed E-state index contributed by atoms with van der Waals surface area (Å²) >= 11 is 6.06. The van der Waals surface area contributed by atoms with E-state index in [-0.39, 0.29) is 0 Å². The molecule has 0 spiro atoms. The highest BCUT2D eigenvalue weighted by atomic mass is 35.5. The van der Waals surface area contributed by atoms with E-state index in [1.807, 2.05) is 36.4 Å². The number of hydrogen-bond donors (Lipinski definition) is 1. The molecular weight excluding hydrogens is 230 g/mol. The number of halogens is 1. The third kappa shape index (κ3) is 1.91. The van der Waals surface area contributed by atoms with Crippen LogP contribution in [0.15, 0.2) is 41.3 Å². The Balaban J connectivity index is 2.77. The van der Waals surface area contributed by atoms with Gasteiger partial charge in [0.15, 0.2) is 0 Å². The van der Waals surface area contributed by atoms with E-state index < -0.39 is 11.0 Å². The van der Waals surface area contributed by atoms with E-state index in [9.17, 15) is 4.21 Å². The van der Waals surface area contributed by atoms with E-state index in [2.05, 4.69) is 4.72 Å². The van der Waals surface area contributed by atoms with Crippen LogP contribution in [0.1, 0.15) is 0 Å². The Labute approximate surface area is 95.8 Å². The van der Waals surface area contributed by atoms with Gasteiger partial charge in [0.2, 0.25) is 0 Å². The standard InChI is InChI=1S/C11H10ClNOS/c1-13-15(14)11-7-3-4-8-9(11)5-2-6-10(8)12/h2-7,13H,1H3. The maximum absolute atomic E-state index is 11.7. The van der Waals surface area contributed by atoms with Crippen molar-refractivity contribution in [1.82, 2.24) is 4.72 Å². The van der Waals surface area contributed by atoms with Crippen LogP contribution in [-0.4, -0.2) is 11.3 Å². The molecule has 2 aromatic rings. The molecule has 2 aromatic carbocycles. The van der Waals surface area contributed by atoms with Crippen molar-refractivity contribution in [1.29, 1.82) is 0 Å². The van der Waals surface area contributed by atoms with Crippen LogP contribution in [0.3, 0.4) is 0 Å². The van der Waals surface area contributed by atoms with Crippen molar-refractivity contribution in [2.75, 3.05) is 7.05 Å². The minimum absolute atomic E-state index is 0.683.